The number of nitrogens with zero attached hydrogens (tertiary/aromatic N) is 5. The highest BCUT2D eigenvalue weighted by Gasteiger charge is 2.44. The minimum Gasteiger partial charge on any atom is -0.481 e. The number of aliphatic carboxylic acids is 2. The van der Waals surface area contributed by atoms with Crippen LogP contribution >= 0.6 is 0 Å². The summed E-state index contributed by atoms with van der Waals surface area (Å²) in [6, 6.07) is -3.65. The average Bonchev–Trinajstić information content (AvgIpc) is 1.68. The molecule has 5 rings (SSSR count). The molecule has 5 aliphatic rings. The van der Waals surface area contributed by atoms with E-state index in [4.69, 9.17) is 39.6 Å². The number of ketones is 2. The highest BCUT2D eigenvalue weighted by Crippen LogP contribution is 2.32. The van der Waals surface area contributed by atoms with Gasteiger partial charge in [0.05, 0.1) is 43.3 Å². The minimum atomic E-state index is -1.02. The Morgan fingerprint density at radius 3 is 1.12 bits per heavy atom. The predicted octanol–water partition coefficient (Wildman–Crippen LogP) is 9.32. The van der Waals surface area contributed by atoms with E-state index in [-0.39, 0.29) is 80.4 Å². The van der Waals surface area contributed by atoms with E-state index in [9.17, 15) is 52.7 Å². The van der Waals surface area contributed by atoms with Crippen molar-refractivity contribution in [2.45, 2.75) is 299 Å². The summed E-state index contributed by atoms with van der Waals surface area (Å²) in [7, 11) is 1.50. The lowest BCUT2D eigenvalue weighted by atomic mass is 9.79. The fourth-order valence-corrected chi connectivity index (χ4v) is 12.1. The van der Waals surface area contributed by atoms with E-state index in [0.717, 1.165) is 70.6 Å². The molecular weight excluding hydrogens is 1390 g/mol. The van der Waals surface area contributed by atoms with Gasteiger partial charge in [-0.2, -0.15) is 15.3 Å². The molecule has 616 valence electrons. The molecule has 0 bridgehead atoms. The maximum absolute atomic E-state index is 13.1. The Balaban J connectivity index is 0.00000144. The molecule has 2 heterocycles. The van der Waals surface area contributed by atoms with Crippen LogP contribution in [0.15, 0.2) is 15.3 Å². The number of alkyl carbamates (subject to hydrolysis) is 1. The predicted molar refractivity (Wildman–Crippen MR) is 412 cm³/mol. The van der Waals surface area contributed by atoms with E-state index in [2.05, 4.69) is 63.9 Å². The second-order valence-corrected chi connectivity index (χ2v) is 29.9. The van der Waals surface area contributed by atoms with Crippen LogP contribution in [0.1, 0.15) is 240 Å². The highest BCUT2D eigenvalue weighted by atomic mass is 16.6. The molecule has 5 fully saturated rings. The summed E-state index contributed by atoms with van der Waals surface area (Å²) < 4.78 is 26.9. The fraction of sp³-hybridized carbons (Fsp3) is 0.811. The number of carboxylic acids is 2. The number of carbonyl (C=O) groups is 11. The largest absolute Gasteiger partial charge is 0.481 e. The number of carbonyl (C=O) groups excluding carboxylic acids is 9. The lowest BCUT2D eigenvalue weighted by Gasteiger charge is -2.28. The fourth-order valence-electron chi connectivity index (χ4n) is 12.1. The number of nitrogens with two attached hydrogens (primary N) is 2. The van der Waals surface area contributed by atoms with E-state index in [1.807, 2.05) is 48.5 Å². The number of rotatable bonds is 28. The molecule has 107 heavy (non-hydrogen) atoms. The van der Waals surface area contributed by atoms with Crippen LogP contribution in [-0.2, 0) is 47.7 Å². The summed E-state index contributed by atoms with van der Waals surface area (Å²) in [6.07, 6.45) is 16.5. The Morgan fingerprint density at radius 2 is 0.804 bits per heavy atom. The smallest absolute Gasteiger partial charge is 0.411 e. The maximum atomic E-state index is 13.1. The Kier molecular flexibility index (Phi) is 48.5. The zero-order valence-corrected chi connectivity index (χ0v) is 66.4. The topological polar surface area (TPSA) is 466 Å². The monoisotopic (exact) mass is 1520 g/mol. The van der Waals surface area contributed by atoms with Gasteiger partial charge in [-0.3, -0.25) is 29.0 Å². The van der Waals surface area contributed by atoms with Crippen molar-refractivity contribution < 1.29 is 86.6 Å². The van der Waals surface area contributed by atoms with Gasteiger partial charge in [-0.05, 0) is 197 Å². The molecule has 33 nitrogen and oxygen atoms in total. The second-order valence-electron chi connectivity index (χ2n) is 29.9. The van der Waals surface area contributed by atoms with E-state index >= 15 is 0 Å². The SMILES string of the molecule is C.CCC(=O)C1CCC(CNC(=O)N/N=C/[C@@H](N)CC)CC1.CCO[C@@H]1C[C@@H](C(=O)N[C@H](/C=N/NC(=O)NCC2CCC(C(=O)CC)CC2)CC)N(C(=O)OC(C)(C)C)C1.CCO[C@@H]1C[C@@H](C(=O)O)N(C(=O)OC(C)(C)C)C1.CC[C@@H](/C=N/NC(=O)NCC1CCC(C(=O)O)CC1)NC(=O)OC(C)(C)C.CN. The number of likely N-dealkylation sites (tertiary alicyclic amines) is 2. The Bertz CT molecular complexity index is 2770. The number of hydrogen-bond acceptors (Lipinski definition) is 21. The molecule has 2 aliphatic heterocycles. The molecule has 0 aromatic heterocycles. The maximum Gasteiger partial charge on any atom is 0.411 e. The number of nitrogens with one attached hydrogen (secondary N) is 8. The van der Waals surface area contributed by atoms with Gasteiger partial charge in [0.25, 0.3) is 0 Å². The standard InChI is InChI=1S/C27H47N5O6.C18H32N4O5.C15H28N4O2.C12H21NO5.CH5N.CH4/c1-7-20(16-29-31-25(35)28-15-18-10-12-19(13-11-18)23(33)8-2)30-24(34)22-14-21(37-9-3)17-32(22)26(36)38-27(4,5)6;1-5-14(21-17(26)27-18(2,3)4)11-20-22-16(25)19-10-12-6-8-13(9-7-12)15(23)24;1-3-13(16)10-18-19-15(21)17-9-11-5-7-12(8-6-11)14(20)4-2;1-5-17-8-6-9(10(14)15)13(7-8)11(16)18-12(2,3)4;1-2;/h16,18-22H,7-15,17H2,1-6H3,(H,30,34)(H2,28,31,35);11-14H,5-10H2,1-4H3,(H,21,26)(H,23,24)(H2,19,22,25);10-13H,3-9,16H2,1-2H3,(H2,17,19,21);8-9H,5-7H2,1-4H3,(H,14,15);2H2,1H3;1H4/b29-16+;20-11+;18-10+;;;/t18?,19?,20-,21+,22-;12?,13?,14-;11?,12?,13-;8-,9+;;/m0001../s1. The first-order chi connectivity index (χ1) is 49.9. The lowest BCUT2D eigenvalue weighted by molar-refractivity contribution is -0.143. The molecule has 0 unspecified atom stereocenters. The number of hydrogen-bond donors (Lipinski definition) is 12. The number of urea groups is 3. The van der Waals surface area contributed by atoms with Gasteiger partial charge in [0.1, 0.15) is 40.5 Å². The van der Waals surface area contributed by atoms with Crippen LogP contribution < -0.4 is 54.3 Å². The van der Waals surface area contributed by atoms with Crippen LogP contribution in [0.5, 0.6) is 0 Å². The summed E-state index contributed by atoms with van der Waals surface area (Å²) in [6.45, 7) is 32.4. The first-order valence-corrected chi connectivity index (χ1v) is 38.0. The molecular formula is C74H137N15O18. The van der Waals surface area contributed by atoms with Gasteiger partial charge in [-0.1, -0.05) is 42.0 Å². The van der Waals surface area contributed by atoms with Crippen LogP contribution in [0, 0.1) is 35.5 Å². The third kappa shape index (κ3) is 42.5. The highest BCUT2D eigenvalue weighted by molar-refractivity contribution is 5.89. The summed E-state index contributed by atoms with van der Waals surface area (Å²) >= 11 is 0. The summed E-state index contributed by atoms with van der Waals surface area (Å²) in [5.41, 5.74) is 15.5. The Morgan fingerprint density at radius 1 is 0.467 bits per heavy atom. The molecule has 0 aromatic rings. The van der Waals surface area contributed by atoms with Crippen molar-refractivity contribution in [2.24, 2.45) is 62.3 Å². The van der Waals surface area contributed by atoms with Gasteiger partial charge >= 0.3 is 48.3 Å². The molecule has 10 amide bonds. The quantitative estimate of drug-likeness (QED) is 0.0197. The van der Waals surface area contributed by atoms with Gasteiger partial charge in [0.15, 0.2) is 0 Å². The number of amides is 10. The van der Waals surface area contributed by atoms with Crippen LogP contribution in [-0.4, -0.2) is 217 Å². The molecule has 0 radical (unpaired) electrons. The van der Waals surface area contributed by atoms with Crippen LogP contribution in [0.25, 0.3) is 0 Å². The molecule has 0 spiro atoms. The minimum absolute atomic E-state index is 0. The van der Waals surface area contributed by atoms with Crippen molar-refractivity contribution in [3.63, 3.8) is 0 Å². The van der Waals surface area contributed by atoms with E-state index in [1.54, 1.807) is 62.3 Å². The third-order valence-electron chi connectivity index (χ3n) is 18.0. The zero-order valence-electron chi connectivity index (χ0n) is 66.4. The number of Topliss-reactive ketones (excluding diaryl/α,β-unsaturated/α-hetero) is 2. The summed E-state index contributed by atoms with van der Waals surface area (Å²) in [5, 5.41) is 43.7. The summed E-state index contributed by atoms with van der Waals surface area (Å²) in [5.74, 6) is -0.134. The van der Waals surface area contributed by atoms with E-state index in [0.29, 0.717) is 108 Å². The van der Waals surface area contributed by atoms with Crippen molar-refractivity contribution in [1.29, 1.82) is 0 Å². The van der Waals surface area contributed by atoms with Gasteiger partial charge in [-0.25, -0.2) is 49.8 Å². The molecule has 7 atom stereocenters. The van der Waals surface area contributed by atoms with Gasteiger partial charge in [0, 0.05) is 95.1 Å². The van der Waals surface area contributed by atoms with Crippen molar-refractivity contribution in [1.82, 2.24) is 52.7 Å². The van der Waals surface area contributed by atoms with Crippen molar-refractivity contribution in [2.75, 3.05) is 53.0 Å². The van der Waals surface area contributed by atoms with Crippen LogP contribution in [0.2, 0.25) is 0 Å². The molecule has 3 saturated carbocycles. The number of ether oxygens (including phenoxy) is 5. The van der Waals surface area contributed by atoms with Crippen molar-refractivity contribution in [3.05, 3.63) is 0 Å². The summed E-state index contributed by atoms with van der Waals surface area (Å²) in [4.78, 5) is 133. The van der Waals surface area contributed by atoms with Crippen LogP contribution in [0.4, 0.5) is 28.8 Å². The molecule has 3 aliphatic carbocycles. The van der Waals surface area contributed by atoms with E-state index < -0.39 is 77.2 Å². The average molecular weight is 1520 g/mol. The first-order valence-electron chi connectivity index (χ1n) is 38.0. The van der Waals surface area contributed by atoms with Crippen molar-refractivity contribution in [3.8, 4) is 0 Å². The molecule has 33 heteroatoms. The Hall–Kier alpha value is -7.78. The van der Waals surface area contributed by atoms with Gasteiger partial charge in [0.2, 0.25) is 5.91 Å². The Labute approximate surface area is 636 Å². The zero-order chi connectivity index (χ0) is 80.3. The number of carboxylic acid groups (broad SMARTS) is 2. The number of hydrazone groups is 3. The van der Waals surface area contributed by atoms with E-state index in [1.165, 1.54) is 35.5 Å². The lowest BCUT2D eigenvalue weighted by Crippen LogP contribution is -2.50. The molecule has 14 N–H and O–H groups in total. The van der Waals surface area contributed by atoms with Gasteiger partial charge in [-0.15, -0.1) is 0 Å². The van der Waals surface area contributed by atoms with Crippen LogP contribution in [0.3, 0.4) is 0 Å². The molecule has 2 saturated heterocycles. The normalized spacial score (nSPS) is 22.9. The van der Waals surface area contributed by atoms with Crippen molar-refractivity contribution >= 4 is 84.4 Å². The first kappa shape index (κ1) is 99.2. The third-order valence-corrected chi connectivity index (χ3v) is 18.0. The molecule has 0 aromatic carbocycles. The second kappa shape index (κ2) is 52.3. The van der Waals surface area contributed by atoms with Gasteiger partial charge < -0.3 is 71.9 Å².